The second-order valence-electron chi connectivity index (χ2n) is 12.2. The predicted molar refractivity (Wildman–Crippen MR) is 201 cm³/mol. The van der Waals surface area contributed by atoms with Gasteiger partial charge in [0.15, 0.2) is 0 Å². The molecule has 0 heterocycles. The third-order valence-corrected chi connectivity index (χ3v) is 9.12. The topological polar surface area (TPSA) is 50.8 Å². The maximum atomic E-state index is 9.96. The summed E-state index contributed by atoms with van der Waals surface area (Å²) in [6, 6.07) is 55.5. The Morgan fingerprint density at radius 3 is 1.50 bits per heavy atom. The number of fused-ring (bicyclic) bond motifs is 5. The Balaban J connectivity index is 1.17. The van der Waals surface area contributed by atoms with Gasteiger partial charge in [-0.1, -0.05) is 121 Å². The zero-order valence-corrected chi connectivity index (χ0v) is 26.4. The Morgan fingerprint density at radius 2 is 0.917 bits per heavy atom. The van der Waals surface area contributed by atoms with Crippen LogP contribution < -0.4 is 4.90 Å². The smallest absolute Gasteiger partial charge is 0.101 e. The lowest BCUT2D eigenvalue weighted by molar-refractivity contribution is 1.29. The third-order valence-electron chi connectivity index (χ3n) is 9.12. The van der Waals surface area contributed by atoms with Gasteiger partial charge in [-0.05, 0) is 92.8 Å². The molecule has 0 aliphatic heterocycles. The fourth-order valence-corrected chi connectivity index (χ4v) is 6.71. The molecule has 0 spiro atoms. The predicted octanol–water partition coefficient (Wildman–Crippen LogP) is 12.0. The van der Waals surface area contributed by atoms with Crippen molar-refractivity contribution in [3.05, 3.63) is 173 Å². The summed E-state index contributed by atoms with van der Waals surface area (Å²) < 4.78 is 0. The van der Waals surface area contributed by atoms with Gasteiger partial charge in [-0.3, -0.25) is 0 Å². The highest BCUT2D eigenvalue weighted by Gasteiger charge is 2.16. The average molecular weight is 612 g/mol. The Kier molecular flexibility index (Phi) is 7.14. The summed E-state index contributed by atoms with van der Waals surface area (Å²) in [5.41, 5.74) is 7.35. The van der Waals surface area contributed by atoms with Gasteiger partial charge >= 0.3 is 0 Å². The van der Waals surface area contributed by atoms with Crippen LogP contribution in [-0.2, 0) is 0 Å². The first-order valence-corrected chi connectivity index (χ1v) is 16.0. The van der Waals surface area contributed by atoms with Crippen molar-refractivity contribution in [2.45, 2.75) is 6.92 Å². The summed E-state index contributed by atoms with van der Waals surface area (Å²) in [7, 11) is 0. The molecule has 0 fully saturated rings. The van der Waals surface area contributed by atoms with E-state index < -0.39 is 0 Å². The molecule has 0 aliphatic carbocycles. The number of hydrogen-bond acceptors (Lipinski definition) is 3. The molecule has 0 unspecified atom stereocenters. The van der Waals surface area contributed by atoms with Gasteiger partial charge in [0.1, 0.15) is 12.1 Å². The van der Waals surface area contributed by atoms with E-state index in [0.29, 0.717) is 11.1 Å². The van der Waals surface area contributed by atoms with E-state index in [1.54, 1.807) is 0 Å². The zero-order valence-electron chi connectivity index (χ0n) is 26.4. The van der Waals surface area contributed by atoms with Crippen molar-refractivity contribution >= 4 is 72.3 Å². The molecule has 8 rings (SSSR count). The molecular formula is C45H29N3. The Morgan fingerprint density at radius 1 is 0.438 bits per heavy atom. The number of hydrogen-bond donors (Lipinski definition) is 0. The van der Waals surface area contributed by atoms with Crippen LogP contribution in [0.3, 0.4) is 0 Å². The van der Waals surface area contributed by atoms with Crippen molar-refractivity contribution in [3.63, 3.8) is 0 Å². The van der Waals surface area contributed by atoms with Gasteiger partial charge in [-0.2, -0.15) is 10.5 Å². The minimum Gasteiger partial charge on any atom is -0.310 e. The summed E-state index contributed by atoms with van der Waals surface area (Å²) in [4.78, 5) is 2.31. The van der Waals surface area contributed by atoms with Gasteiger partial charge in [-0.15, -0.1) is 0 Å². The van der Waals surface area contributed by atoms with E-state index in [-0.39, 0.29) is 0 Å². The minimum atomic E-state index is 0.428. The SMILES string of the molecule is Cc1ccc2c(C#N)c(C#N)c3ccc(C=Cc4ccc(N(c5ccc6ccccc6c5)c5ccc6ccccc6c5)cc4)cc3c2c1. The minimum absolute atomic E-state index is 0.428. The van der Waals surface area contributed by atoms with Gasteiger partial charge in [0.05, 0.1) is 11.1 Å². The highest BCUT2D eigenvalue weighted by atomic mass is 15.1. The lowest BCUT2D eigenvalue weighted by Crippen LogP contribution is -2.09. The molecule has 224 valence electrons. The van der Waals surface area contributed by atoms with Crippen LogP contribution in [0.5, 0.6) is 0 Å². The van der Waals surface area contributed by atoms with E-state index in [1.807, 2.05) is 31.2 Å². The summed E-state index contributed by atoms with van der Waals surface area (Å²) >= 11 is 0. The van der Waals surface area contributed by atoms with Crippen LogP contribution in [0.15, 0.2) is 146 Å². The fraction of sp³-hybridized carbons (Fsp3) is 0.0222. The highest BCUT2D eigenvalue weighted by Crippen LogP contribution is 2.38. The van der Waals surface area contributed by atoms with E-state index in [4.69, 9.17) is 0 Å². The van der Waals surface area contributed by atoms with Crippen molar-refractivity contribution in [2.75, 3.05) is 4.90 Å². The van der Waals surface area contributed by atoms with Crippen LogP contribution in [0.25, 0.3) is 55.2 Å². The Labute approximate surface area is 279 Å². The van der Waals surface area contributed by atoms with Gasteiger partial charge < -0.3 is 4.90 Å². The number of rotatable bonds is 5. The van der Waals surface area contributed by atoms with Crippen LogP contribution in [0.2, 0.25) is 0 Å². The number of nitriles is 2. The molecule has 48 heavy (non-hydrogen) atoms. The van der Waals surface area contributed by atoms with E-state index in [1.165, 1.54) is 21.5 Å². The second-order valence-corrected chi connectivity index (χ2v) is 12.2. The molecule has 3 heteroatoms. The number of nitrogens with zero attached hydrogens (tertiary/aromatic N) is 3. The molecule has 0 bridgehead atoms. The van der Waals surface area contributed by atoms with E-state index in [2.05, 4.69) is 151 Å². The summed E-state index contributed by atoms with van der Waals surface area (Å²) in [5, 5.41) is 28.3. The largest absolute Gasteiger partial charge is 0.310 e. The Bertz CT molecular complexity index is 2570. The lowest BCUT2D eigenvalue weighted by Gasteiger charge is -2.26. The van der Waals surface area contributed by atoms with Gasteiger partial charge in [0.2, 0.25) is 0 Å². The van der Waals surface area contributed by atoms with Crippen LogP contribution in [-0.4, -0.2) is 0 Å². The second kappa shape index (κ2) is 11.9. The van der Waals surface area contributed by atoms with Gasteiger partial charge in [0, 0.05) is 27.8 Å². The van der Waals surface area contributed by atoms with Crippen LogP contribution in [0.4, 0.5) is 17.1 Å². The maximum Gasteiger partial charge on any atom is 0.101 e. The lowest BCUT2D eigenvalue weighted by atomic mass is 9.91. The van der Waals surface area contributed by atoms with Gasteiger partial charge in [-0.25, -0.2) is 0 Å². The molecule has 0 aromatic heterocycles. The van der Waals surface area contributed by atoms with Crippen molar-refractivity contribution in [2.24, 2.45) is 0 Å². The van der Waals surface area contributed by atoms with Crippen LogP contribution in [0.1, 0.15) is 27.8 Å². The highest BCUT2D eigenvalue weighted by molar-refractivity contribution is 6.13. The molecule has 8 aromatic carbocycles. The zero-order chi connectivity index (χ0) is 32.6. The molecule has 0 radical (unpaired) electrons. The number of anilines is 3. The molecule has 0 saturated carbocycles. The molecule has 0 aliphatic rings. The standard InChI is InChI=1S/C45H29N3/c1-30-10-22-40-42(24-30)43-25-32(15-23-41(43)45(29-47)44(40)28-46)12-11-31-13-18-37(19-14-31)48(38-20-16-33-6-2-4-8-35(33)26-38)39-21-17-34-7-3-5-9-36(34)27-39/h2-27H,1H3. The van der Waals surface area contributed by atoms with Crippen molar-refractivity contribution in [3.8, 4) is 12.1 Å². The molecule has 0 atom stereocenters. The summed E-state index contributed by atoms with van der Waals surface area (Å²) in [6.45, 7) is 2.05. The third kappa shape index (κ3) is 5.11. The monoisotopic (exact) mass is 611 g/mol. The number of benzene rings is 8. The quantitative estimate of drug-likeness (QED) is 0.144. The Hall–Kier alpha value is -6.68. The summed E-state index contributed by atoms with van der Waals surface area (Å²) in [5.74, 6) is 0. The van der Waals surface area contributed by atoms with Gasteiger partial charge in [0.25, 0.3) is 0 Å². The first kappa shape index (κ1) is 28.8. The van der Waals surface area contributed by atoms with E-state index in [9.17, 15) is 10.5 Å². The van der Waals surface area contributed by atoms with E-state index >= 15 is 0 Å². The first-order chi connectivity index (χ1) is 23.6. The van der Waals surface area contributed by atoms with E-state index in [0.717, 1.165) is 55.3 Å². The van der Waals surface area contributed by atoms with Crippen molar-refractivity contribution < 1.29 is 0 Å². The first-order valence-electron chi connectivity index (χ1n) is 16.0. The molecule has 0 N–H and O–H groups in total. The molecule has 0 saturated heterocycles. The average Bonchev–Trinajstić information content (AvgIpc) is 3.14. The maximum absolute atomic E-state index is 9.96. The molecular weight excluding hydrogens is 583 g/mol. The van der Waals surface area contributed by atoms with Crippen molar-refractivity contribution in [1.29, 1.82) is 10.5 Å². The number of aryl methyl sites for hydroxylation is 1. The van der Waals surface area contributed by atoms with Crippen LogP contribution >= 0.6 is 0 Å². The van der Waals surface area contributed by atoms with Crippen LogP contribution in [0, 0.1) is 29.6 Å². The normalized spacial score (nSPS) is 11.3. The fourth-order valence-electron chi connectivity index (χ4n) is 6.71. The van der Waals surface area contributed by atoms with Crippen molar-refractivity contribution in [1.82, 2.24) is 0 Å². The molecule has 8 aromatic rings. The summed E-state index contributed by atoms with van der Waals surface area (Å²) in [6.07, 6.45) is 4.22. The molecule has 0 amide bonds. The molecule has 3 nitrogen and oxygen atoms in total.